The molecule has 1 aromatic heterocycles. The number of carbonyl (C=O) groups is 1. The minimum atomic E-state index is -0.102. The maximum atomic E-state index is 12.3. The first kappa shape index (κ1) is 18.1. The molecule has 1 aliphatic rings. The smallest absolute Gasteiger partial charge is 0.251 e. The van der Waals surface area contributed by atoms with Crippen molar-refractivity contribution >= 4 is 5.91 Å². The Morgan fingerprint density at radius 2 is 2.00 bits per heavy atom. The molecule has 1 aromatic carbocycles. The van der Waals surface area contributed by atoms with Crippen LogP contribution in [0.2, 0.25) is 0 Å². The first-order valence-electron chi connectivity index (χ1n) is 9.03. The van der Waals surface area contributed by atoms with Crippen molar-refractivity contribution in [1.29, 1.82) is 0 Å². The number of nitrogens with one attached hydrogen (secondary N) is 1. The van der Waals surface area contributed by atoms with Gasteiger partial charge in [0.2, 0.25) is 0 Å². The Bertz CT molecular complexity index is 813. The molecule has 0 aliphatic heterocycles. The lowest BCUT2D eigenvalue weighted by Crippen LogP contribution is -2.26. The van der Waals surface area contributed by atoms with Crippen LogP contribution in [0.3, 0.4) is 0 Å². The van der Waals surface area contributed by atoms with Gasteiger partial charge in [0.15, 0.2) is 0 Å². The summed E-state index contributed by atoms with van der Waals surface area (Å²) >= 11 is 0. The van der Waals surface area contributed by atoms with Crippen LogP contribution in [0.25, 0.3) is 0 Å². The molecule has 5 nitrogen and oxygen atoms in total. The number of rotatable bonds is 7. The number of ether oxygens (including phenoxy) is 1. The van der Waals surface area contributed by atoms with E-state index in [4.69, 9.17) is 4.74 Å². The van der Waals surface area contributed by atoms with Gasteiger partial charge in [0.05, 0.1) is 0 Å². The van der Waals surface area contributed by atoms with Crippen LogP contribution >= 0.6 is 0 Å². The van der Waals surface area contributed by atoms with E-state index >= 15 is 0 Å². The van der Waals surface area contributed by atoms with Crippen molar-refractivity contribution in [1.82, 2.24) is 15.3 Å². The van der Waals surface area contributed by atoms with E-state index in [-0.39, 0.29) is 5.91 Å². The van der Waals surface area contributed by atoms with Crippen LogP contribution in [-0.2, 0) is 19.3 Å². The van der Waals surface area contributed by atoms with E-state index in [9.17, 15) is 4.79 Å². The van der Waals surface area contributed by atoms with Crippen LogP contribution in [0.15, 0.2) is 36.4 Å². The summed E-state index contributed by atoms with van der Waals surface area (Å²) in [6.07, 6.45) is 3.93. The third-order valence-electron chi connectivity index (χ3n) is 4.42. The van der Waals surface area contributed by atoms with Gasteiger partial charge in [0.25, 0.3) is 5.91 Å². The predicted molar refractivity (Wildman–Crippen MR) is 102 cm³/mol. The lowest BCUT2D eigenvalue weighted by atomic mass is 10.2. The van der Waals surface area contributed by atoms with Crippen molar-refractivity contribution in [3.05, 3.63) is 64.8 Å². The van der Waals surface area contributed by atoms with Crippen LogP contribution < -0.4 is 10.1 Å². The molecule has 26 heavy (non-hydrogen) atoms. The van der Waals surface area contributed by atoms with Crippen LogP contribution in [0.5, 0.6) is 5.75 Å². The summed E-state index contributed by atoms with van der Waals surface area (Å²) in [4.78, 5) is 21.5. The second kappa shape index (κ2) is 8.13. The number of amides is 1. The molecule has 0 saturated heterocycles. The molecule has 0 atom stereocenters. The normalized spacial score (nSPS) is 12.5. The molecule has 5 heteroatoms. The monoisotopic (exact) mass is 351 g/mol. The molecular formula is C21H25N3O2. The number of aryl methyl sites for hydroxylation is 2. The number of fused-ring (bicyclic) bond motifs is 1. The third kappa shape index (κ3) is 4.48. The molecule has 1 amide bonds. The number of hydrogen-bond donors (Lipinski definition) is 1. The minimum Gasteiger partial charge on any atom is -0.489 e. The predicted octanol–water partition coefficient (Wildman–Crippen LogP) is 3.20. The van der Waals surface area contributed by atoms with Crippen molar-refractivity contribution < 1.29 is 9.53 Å². The highest BCUT2D eigenvalue weighted by Crippen LogP contribution is 2.22. The molecule has 0 saturated carbocycles. The number of benzene rings is 1. The summed E-state index contributed by atoms with van der Waals surface area (Å²) in [6.45, 7) is 8.75. The fraction of sp³-hybridized carbons (Fsp3) is 0.381. The highest BCUT2D eigenvalue weighted by atomic mass is 16.5. The van der Waals surface area contributed by atoms with Crippen molar-refractivity contribution in [2.24, 2.45) is 0 Å². The summed E-state index contributed by atoms with van der Waals surface area (Å²) in [6, 6.07) is 7.12. The SMILES string of the molecule is C=C(C)COc1ccc(C(=O)NCCc2nc(C)c3c(n2)CCC3)cc1. The van der Waals surface area contributed by atoms with E-state index in [0.29, 0.717) is 25.1 Å². The van der Waals surface area contributed by atoms with Crippen LogP contribution in [0, 0.1) is 6.92 Å². The van der Waals surface area contributed by atoms with Crippen molar-refractivity contribution in [3.8, 4) is 5.75 Å². The van der Waals surface area contributed by atoms with Crippen LogP contribution in [-0.4, -0.2) is 29.0 Å². The number of nitrogens with zero attached hydrogens (tertiary/aromatic N) is 2. The molecule has 0 radical (unpaired) electrons. The molecule has 136 valence electrons. The van der Waals surface area contributed by atoms with E-state index in [1.54, 1.807) is 24.3 Å². The molecule has 0 spiro atoms. The zero-order valence-electron chi connectivity index (χ0n) is 15.5. The maximum Gasteiger partial charge on any atom is 0.251 e. The topological polar surface area (TPSA) is 64.1 Å². The summed E-state index contributed by atoms with van der Waals surface area (Å²) in [5.74, 6) is 1.44. The van der Waals surface area contributed by atoms with E-state index in [2.05, 4.69) is 21.9 Å². The zero-order chi connectivity index (χ0) is 18.5. The van der Waals surface area contributed by atoms with Crippen molar-refractivity contribution in [2.45, 2.75) is 39.5 Å². The second-order valence-corrected chi connectivity index (χ2v) is 6.78. The molecule has 0 unspecified atom stereocenters. The Morgan fingerprint density at radius 3 is 2.73 bits per heavy atom. The summed E-state index contributed by atoms with van der Waals surface area (Å²) in [5.41, 5.74) is 5.14. The Kier molecular flexibility index (Phi) is 5.66. The standard InChI is InChI=1S/C21H25N3O2/c1-14(2)13-26-17-9-7-16(8-10-17)21(25)22-12-11-20-23-15(3)18-5-4-6-19(18)24-20/h7-10H,1,4-6,11-13H2,2-3H3,(H,22,25). The molecular weight excluding hydrogens is 326 g/mol. The lowest BCUT2D eigenvalue weighted by molar-refractivity contribution is 0.0954. The van der Waals surface area contributed by atoms with E-state index < -0.39 is 0 Å². The molecule has 2 aromatic rings. The van der Waals surface area contributed by atoms with Gasteiger partial charge in [-0.3, -0.25) is 4.79 Å². The molecule has 0 bridgehead atoms. The third-order valence-corrected chi connectivity index (χ3v) is 4.42. The van der Waals surface area contributed by atoms with Crippen LogP contribution in [0.1, 0.15) is 46.5 Å². The largest absolute Gasteiger partial charge is 0.489 e. The Labute approximate surface area is 154 Å². The Hall–Kier alpha value is -2.69. The van der Waals surface area contributed by atoms with Gasteiger partial charge in [-0.1, -0.05) is 6.58 Å². The number of aromatic nitrogens is 2. The van der Waals surface area contributed by atoms with Gasteiger partial charge >= 0.3 is 0 Å². The van der Waals surface area contributed by atoms with E-state index in [1.165, 1.54) is 11.3 Å². The van der Waals surface area contributed by atoms with Gasteiger partial charge in [0.1, 0.15) is 18.2 Å². The van der Waals surface area contributed by atoms with Gasteiger partial charge in [0, 0.05) is 29.9 Å². The lowest BCUT2D eigenvalue weighted by Gasteiger charge is -2.09. The molecule has 1 N–H and O–H groups in total. The fourth-order valence-corrected chi connectivity index (χ4v) is 3.09. The van der Waals surface area contributed by atoms with Gasteiger partial charge in [-0.2, -0.15) is 0 Å². The van der Waals surface area contributed by atoms with Gasteiger partial charge in [-0.25, -0.2) is 9.97 Å². The molecule has 0 fully saturated rings. The second-order valence-electron chi connectivity index (χ2n) is 6.78. The van der Waals surface area contributed by atoms with Gasteiger partial charge in [-0.05, 0) is 68.5 Å². The maximum absolute atomic E-state index is 12.3. The first-order valence-corrected chi connectivity index (χ1v) is 9.03. The summed E-state index contributed by atoms with van der Waals surface area (Å²) in [5, 5.41) is 2.93. The van der Waals surface area contributed by atoms with Gasteiger partial charge < -0.3 is 10.1 Å². The van der Waals surface area contributed by atoms with Crippen LogP contribution in [0.4, 0.5) is 0 Å². The summed E-state index contributed by atoms with van der Waals surface area (Å²) < 4.78 is 5.54. The quantitative estimate of drug-likeness (QED) is 0.778. The Balaban J connectivity index is 1.51. The van der Waals surface area contributed by atoms with E-state index in [0.717, 1.165) is 42.1 Å². The first-order chi connectivity index (χ1) is 12.5. The average molecular weight is 351 g/mol. The highest BCUT2D eigenvalue weighted by Gasteiger charge is 2.16. The number of hydrogen-bond acceptors (Lipinski definition) is 4. The fourth-order valence-electron chi connectivity index (χ4n) is 3.09. The van der Waals surface area contributed by atoms with Crippen molar-refractivity contribution in [2.75, 3.05) is 13.2 Å². The van der Waals surface area contributed by atoms with Crippen molar-refractivity contribution in [3.63, 3.8) is 0 Å². The van der Waals surface area contributed by atoms with Gasteiger partial charge in [-0.15, -0.1) is 0 Å². The molecule has 1 heterocycles. The Morgan fingerprint density at radius 1 is 1.23 bits per heavy atom. The minimum absolute atomic E-state index is 0.102. The highest BCUT2D eigenvalue weighted by molar-refractivity contribution is 5.94. The summed E-state index contributed by atoms with van der Waals surface area (Å²) in [7, 11) is 0. The average Bonchev–Trinajstić information content (AvgIpc) is 3.09. The molecule has 1 aliphatic carbocycles. The molecule has 3 rings (SSSR count). The number of carbonyl (C=O) groups excluding carboxylic acids is 1. The zero-order valence-corrected chi connectivity index (χ0v) is 15.5. The van der Waals surface area contributed by atoms with E-state index in [1.807, 2.05) is 13.8 Å².